The second kappa shape index (κ2) is 5.61. The van der Waals surface area contributed by atoms with Gasteiger partial charge in [0, 0.05) is 31.0 Å². The molecular weight excluding hydrogens is 212 g/mol. The molecule has 94 valence electrons. The van der Waals surface area contributed by atoms with E-state index < -0.39 is 0 Å². The molecule has 0 aromatic carbocycles. The molecule has 2 unspecified atom stereocenters. The lowest BCUT2D eigenvalue weighted by Crippen LogP contribution is -2.41. The molecular formula is C14H22N2O. The van der Waals surface area contributed by atoms with Crippen LogP contribution in [0.15, 0.2) is 12.1 Å². The first-order chi connectivity index (χ1) is 8.19. The summed E-state index contributed by atoms with van der Waals surface area (Å²) in [7, 11) is 1.83. The number of piperidine rings is 1. The fraction of sp³-hybridized carbons (Fsp3) is 0.643. The average Bonchev–Trinajstić information content (AvgIpc) is 2.28. The van der Waals surface area contributed by atoms with Crippen molar-refractivity contribution in [2.45, 2.75) is 32.8 Å². The van der Waals surface area contributed by atoms with Crippen molar-refractivity contribution in [2.24, 2.45) is 5.92 Å². The second-order valence-electron chi connectivity index (χ2n) is 4.99. The minimum atomic E-state index is 0.394. The van der Waals surface area contributed by atoms with Gasteiger partial charge >= 0.3 is 0 Å². The van der Waals surface area contributed by atoms with Crippen molar-refractivity contribution in [1.29, 1.82) is 0 Å². The molecule has 1 aromatic rings. The fourth-order valence-corrected chi connectivity index (χ4v) is 2.75. The van der Waals surface area contributed by atoms with Gasteiger partial charge in [-0.05, 0) is 50.9 Å². The highest BCUT2D eigenvalue weighted by atomic mass is 16.5. The van der Waals surface area contributed by atoms with Gasteiger partial charge in [-0.1, -0.05) is 0 Å². The molecule has 0 amide bonds. The Kier molecular flexibility index (Phi) is 4.13. The van der Waals surface area contributed by atoms with Crippen molar-refractivity contribution in [3.05, 3.63) is 29.1 Å². The number of aromatic nitrogens is 1. The standard InChI is InChI=1S/C14H22N2O/c1-10-6-12(7-11(2)16-10)8-13-9-15-5-4-14(13)17-3/h6-7,13-15H,4-5,8-9H2,1-3H3. The maximum absolute atomic E-state index is 5.58. The van der Waals surface area contributed by atoms with Crippen molar-refractivity contribution in [3.63, 3.8) is 0 Å². The molecule has 1 aliphatic heterocycles. The van der Waals surface area contributed by atoms with E-state index in [1.165, 1.54) is 5.56 Å². The molecule has 2 heterocycles. The summed E-state index contributed by atoms with van der Waals surface area (Å²) in [6.45, 7) is 6.25. The maximum atomic E-state index is 5.58. The zero-order valence-corrected chi connectivity index (χ0v) is 11.0. The summed E-state index contributed by atoms with van der Waals surface area (Å²) < 4.78 is 5.58. The largest absolute Gasteiger partial charge is 0.381 e. The molecule has 1 saturated heterocycles. The SMILES string of the molecule is COC1CCNCC1Cc1cc(C)nc(C)c1. The number of pyridine rings is 1. The van der Waals surface area contributed by atoms with E-state index in [4.69, 9.17) is 4.74 Å². The highest BCUT2D eigenvalue weighted by Crippen LogP contribution is 2.20. The Morgan fingerprint density at radius 3 is 2.71 bits per heavy atom. The van der Waals surface area contributed by atoms with Gasteiger partial charge in [0.15, 0.2) is 0 Å². The van der Waals surface area contributed by atoms with Gasteiger partial charge in [-0.3, -0.25) is 4.98 Å². The van der Waals surface area contributed by atoms with Crippen LogP contribution in [0.2, 0.25) is 0 Å². The molecule has 2 rings (SSSR count). The van der Waals surface area contributed by atoms with E-state index in [0.29, 0.717) is 12.0 Å². The van der Waals surface area contributed by atoms with E-state index in [0.717, 1.165) is 37.3 Å². The van der Waals surface area contributed by atoms with Gasteiger partial charge in [0.25, 0.3) is 0 Å². The first-order valence-corrected chi connectivity index (χ1v) is 6.36. The van der Waals surface area contributed by atoms with Crippen molar-refractivity contribution in [3.8, 4) is 0 Å². The number of nitrogens with zero attached hydrogens (tertiary/aromatic N) is 1. The molecule has 1 aliphatic rings. The number of ether oxygens (including phenoxy) is 1. The Hall–Kier alpha value is -0.930. The molecule has 1 N–H and O–H groups in total. The van der Waals surface area contributed by atoms with Gasteiger partial charge < -0.3 is 10.1 Å². The van der Waals surface area contributed by atoms with Crippen LogP contribution in [-0.2, 0) is 11.2 Å². The molecule has 17 heavy (non-hydrogen) atoms. The lowest BCUT2D eigenvalue weighted by atomic mass is 9.89. The first-order valence-electron chi connectivity index (χ1n) is 6.36. The molecule has 2 atom stereocenters. The van der Waals surface area contributed by atoms with E-state index in [9.17, 15) is 0 Å². The van der Waals surface area contributed by atoms with Crippen LogP contribution < -0.4 is 5.32 Å². The Morgan fingerprint density at radius 2 is 2.06 bits per heavy atom. The molecule has 0 aliphatic carbocycles. The summed E-state index contributed by atoms with van der Waals surface area (Å²) >= 11 is 0. The van der Waals surface area contributed by atoms with E-state index >= 15 is 0 Å². The zero-order valence-electron chi connectivity index (χ0n) is 11.0. The Labute approximate surface area is 104 Å². The van der Waals surface area contributed by atoms with Crippen LogP contribution in [0.1, 0.15) is 23.4 Å². The average molecular weight is 234 g/mol. The van der Waals surface area contributed by atoms with Crippen molar-refractivity contribution >= 4 is 0 Å². The predicted molar refractivity (Wildman–Crippen MR) is 69.2 cm³/mol. The molecule has 0 bridgehead atoms. The van der Waals surface area contributed by atoms with Crippen LogP contribution in [-0.4, -0.2) is 31.3 Å². The van der Waals surface area contributed by atoms with Crippen molar-refractivity contribution < 1.29 is 4.74 Å². The number of hydrogen-bond acceptors (Lipinski definition) is 3. The monoisotopic (exact) mass is 234 g/mol. The topological polar surface area (TPSA) is 34.1 Å². The van der Waals surface area contributed by atoms with Gasteiger partial charge in [-0.25, -0.2) is 0 Å². The Balaban J connectivity index is 2.08. The Bertz CT molecular complexity index is 358. The second-order valence-corrected chi connectivity index (χ2v) is 4.99. The summed E-state index contributed by atoms with van der Waals surface area (Å²) in [6, 6.07) is 4.38. The Morgan fingerprint density at radius 1 is 1.35 bits per heavy atom. The van der Waals surface area contributed by atoms with Crippen molar-refractivity contribution in [1.82, 2.24) is 10.3 Å². The third-order valence-corrected chi connectivity index (χ3v) is 3.48. The van der Waals surface area contributed by atoms with Crippen molar-refractivity contribution in [2.75, 3.05) is 20.2 Å². The summed E-state index contributed by atoms with van der Waals surface area (Å²) in [5.74, 6) is 0.579. The van der Waals surface area contributed by atoms with E-state index in [1.807, 2.05) is 7.11 Å². The summed E-state index contributed by atoms with van der Waals surface area (Å²) in [5.41, 5.74) is 3.60. The van der Waals surface area contributed by atoms with Crippen LogP contribution in [0.25, 0.3) is 0 Å². The third-order valence-electron chi connectivity index (χ3n) is 3.48. The van der Waals surface area contributed by atoms with Crippen LogP contribution in [0.4, 0.5) is 0 Å². The minimum Gasteiger partial charge on any atom is -0.381 e. The molecule has 1 aromatic heterocycles. The number of hydrogen-bond donors (Lipinski definition) is 1. The number of rotatable bonds is 3. The number of nitrogens with one attached hydrogen (secondary N) is 1. The van der Waals surface area contributed by atoms with Crippen LogP contribution in [0, 0.1) is 19.8 Å². The van der Waals surface area contributed by atoms with E-state index in [-0.39, 0.29) is 0 Å². The molecule has 0 saturated carbocycles. The highest BCUT2D eigenvalue weighted by molar-refractivity contribution is 5.21. The van der Waals surface area contributed by atoms with Gasteiger partial charge in [0.05, 0.1) is 6.10 Å². The van der Waals surface area contributed by atoms with Gasteiger partial charge in [0.2, 0.25) is 0 Å². The quantitative estimate of drug-likeness (QED) is 0.867. The van der Waals surface area contributed by atoms with Gasteiger partial charge in [-0.15, -0.1) is 0 Å². The van der Waals surface area contributed by atoms with E-state index in [1.54, 1.807) is 0 Å². The molecule has 3 heteroatoms. The zero-order chi connectivity index (χ0) is 12.3. The number of aryl methyl sites for hydroxylation is 2. The first kappa shape index (κ1) is 12.5. The maximum Gasteiger partial charge on any atom is 0.0626 e. The molecule has 0 spiro atoms. The van der Waals surface area contributed by atoms with E-state index in [2.05, 4.69) is 36.3 Å². The predicted octanol–water partition coefficient (Wildman–Crippen LogP) is 1.87. The molecule has 1 fully saturated rings. The van der Waals surface area contributed by atoms with Gasteiger partial charge in [-0.2, -0.15) is 0 Å². The normalized spacial score (nSPS) is 24.9. The van der Waals surface area contributed by atoms with Crippen LogP contribution in [0.3, 0.4) is 0 Å². The van der Waals surface area contributed by atoms with Gasteiger partial charge in [0.1, 0.15) is 0 Å². The summed E-state index contributed by atoms with van der Waals surface area (Å²) in [5, 5.41) is 3.45. The fourth-order valence-electron chi connectivity index (χ4n) is 2.75. The summed E-state index contributed by atoms with van der Waals surface area (Å²) in [4.78, 5) is 4.42. The number of methoxy groups -OCH3 is 1. The summed E-state index contributed by atoms with van der Waals surface area (Å²) in [6.07, 6.45) is 2.59. The van der Waals surface area contributed by atoms with Crippen LogP contribution >= 0.6 is 0 Å². The molecule has 0 radical (unpaired) electrons. The molecule has 3 nitrogen and oxygen atoms in total. The third kappa shape index (κ3) is 3.27. The minimum absolute atomic E-state index is 0.394. The smallest absolute Gasteiger partial charge is 0.0626 e. The lowest BCUT2D eigenvalue weighted by Gasteiger charge is -2.31. The highest BCUT2D eigenvalue weighted by Gasteiger charge is 2.24. The van der Waals surface area contributed by atoms with Crippen LogP contribution in [0.5, 0.6) is 0 Å². The lowest BCUT2D eigenvalue weighted by molar-refractivity contribution is 0.0311.